The molecule has 38 heavy (non-hydrogen) atoms. The van der Waals surface area contributed by atoms with Crippen molar-refractivity contribution >= 4 is 34.8 Å². The van der Waals surface area contributed by atoms with Gasteiger partial charge in [-0.1, -0.05) is 0 Å². The monoisotopic (exact) mass is 523 g/mol. The van der Waals surface area contributed by atoms with Gasteiger partial charge in [0.25, 0.3) is 5.91 Å². The largest absolute Gasteiger partial charge is 0.492 e. The number of carbonyl (C=O) groups excluding carboxylic acids is 3. The molecule has 3 N–H and O–H groups in total. The molecule has 0 saturated heterocycles. The first-order chi connectivity index (χ1) is 18.5. The number of rotatable bonds is 11. The molecule has 0 saturated carbocycles. The Labute approximate surface area is 219 Å². The SMILES string of the molecule is CCOc1cc(NC(=O)c2ccco2)c(OCC)cc1NC(=O)CCC(=O)Nc1ccc2c(c1)OCCO2. The average molecular weight is 524 g/mol. The summed E-state index contributed by atoms with van der Waals surface area (Å²) in [6.45, 7) is 5.16. The third-order valence-electron chi connectivity index (χ3n) is 5.35. The number of amides is 3. The van der Waals surface area contributed by atoms with E-state index in [0.717, 1.165) is 0 Å². The molecule has 0 bridgehead atoms. The zero-order chi connectivity index (χ0) is 26.9. The van der Waals surface area contributed by atoms with Crippen molar-refractivity contribution in [3.8, 4) is 23.0 Å². The van der Waals surface area contributed by atoms with Crippen molar-refractivity contribution < 1.29 is 37.7 Å². The molecule has 1 aromatic heterocycles. The number of fused-ring (bicyclic) bond motifs is 1. The summed E-state index contributed by atoms with van der Waals surface area (Å²) in [6, 6.07) is 11.4. The summed E-state index contributed by atoms with van der Waals surface area (Å²) in [5.41, 5.74) is 1.25. The third kappa shape index (κ3) is 6.75. The highest BCUT2D eigenvalue weighted by Gasteiger charge is 2.19. The van der Waals surface area contributed by atoms with Crippen LogP contribution in [0.5, 0.6) is 23.0 Å². The minimum atomic E-state index is -0.459. The number of furan rings is 1. The van der Waals surface area contributed by atoms with Gasteiger partial charge in [-0.05, 0) is 38.1 Å². The Morgan fingerprint density at radius 3 is 2.05 bits per heavy atom. The minimum Gasteiger partial charge on any atom is -0.492 e. The Balaban J connectivity index is 1.40. The van der Waals surface area contributed by atoms with Gasteiger partial charge in [0.2, 0.25) is 11.8 Å². The average Bonchev–Trinajstić information content (AvgIpc) is 3.45. The second-order valence-corrected chi connectivity index (χ2v) is 8.10. The molecule has 0 unspecified atom stereocenters. The number of anilines is 3. The van der Waals surface area contributed by atoms with E-state index in [4.69, 9.17) is 23.4 Å². The van der Waals surface area contributed by atoms with E-state index in [1.165, 1.54) is 12.3 Å². The summed E-state index contributed by atoms with van der Waals surface area (Å²) in [6.07, 6.45) is 1.29. The van der Waals surface area contributed by atoms with Crippen LogP contribution in [-0.4, -0.2) is 44.1 Å². The van der Waals surface area contributed by atoms with E-state index in [1.54, 1.807) is 50.2 Å². The van der Waals surface area contributed by atoms with Crippen molar-refractivity contribution in [2.45, 2.75) is 26.7 Å². The Morgan fingerprint density at radius 2 is 1.42 bits per heavy atom. The predicted molar refractivity (Wildman–Crippen MR) is 139 cm³/mol. The van der Waals surface area contributed by atoms with Crippen molar-refractivity contribution in [1.29, 1.82) is 0 Å². The van der Waals surface area contributed by atoms with E-state index in [9.17, 15) is 14.4 Å². The van der Waals surface area contributed by atoms with Crippen LogP contribution in [0.4, 0.5) is 17.1 Å². The van der Waals surface area contributed by atoms with Gasteiger partial charge in [0.05, 0.1) is 30.9 Å². The molecule has 11 heteroatoms. The quantitative estimate of drug-likeness (QED) is 0.335. The van der Waals surface area contributed by atoms with Gasteiger partial charge < -0.3 is 39.3 Å². The maximum absolute atomic E-state index is 12.7. The van der Waals surface area contributed by atoms with Crippen molar-refractivity contribution in [1.82, 2.24) is 0 Å². The first-order valence-electron chi connectivity index (χ1n) is 12.2. The van der Waals surface area contributed by atoms with E-state index in [0.29, 0.717) is 66.5 Å². The van der Waals surface area contributed by atoms with Crippen molar-refractivity contribution in [3.05, 3.63) is 54.5 Å². The highest BCUT2D eigenvalue weighted by Crippen LogP contribution is 2.37. The molecule has 200 valence electrons. The molecular weight excluding hydrogens is 494 g/mol. The minimum absolute atomic E-state index is 0.0418. The van der Waals surface area contributed by atoms with E-state index in [1.807, 2.05) is 0 Å². The number of hydrogen-bond donors (Lipinski definition) is 3. The molecule has 2 aromatic carbocycles. The fraction of sp³-hybridized carbons (Fsp3) is 0.296. The summed E-state index contributed by atoms with van der Waals surface area (Å²) < 4.78 is 27.5. The van der Waals surface area contributed by atoms with Crippen LogP contribution >= 0.6 is 0 Å². The maximum atomic E-state index is 12.7. The molecule has 3 amide bonds. The maximum Gasteiger partial charge on any atom is 0.291 e. The molecular formula is C27H29N3O8. The molecule has 1 aliphatic heterocycles. The first-order valence-corrected chi connectivity index (χ1v) is 12.2. The summed E-state index contributed by atoms with van der Waals surface area (Å²) in [5.74, 6) is 0.811. The van der Waals surface area contributed by atoms with Gasteiger partial charge in [0.15, 0.2) is 17.3 Å². The second kappa shape index (κ2) is 12.5. The van der Waals surface area contributed by atoms with Crippen LogP contribution in [0.25, 0.3) is 0 Å². The highest BCUT2D eigenvalue weighted by molar-refractivity contribution is 6.04. The summed E-state index contributed by atoms with van der Waals surface area (Å²) >= 11 is 0. The van der Waals surface area contributed by atoms with Crippen LogP contribution in [0.3, 0.4) is 0 Å². The fourth-order valence-electron chi connectivity index (χ4n) is 3.68. The van der Waals surface area contributed by atoms with Crippen LogP contribution in [0.15, 0.2) is 53.1 Å². The van der Waals surface area contributed by atoms with Crippen LogP contribution in [-0.2, 0) is 9.59 Å². The third-order valence-corrected chi connectivity index (χ3v) is 5.35. The van der Waals surface area contributed by atoms with Crippen LogP contribution in [0.2, 0.25) is 0 Å². The molecule has 3 aromatic rings. The van der Waals surface area contributed by atoms with Gasteiger partial charge in [0, 0.05) is 36.7 Å². The molecule has 11 nitrogen and oxygen atoms in total. The molecule has 4 rings (SSSR count). The Morgan fingerprint density at radius 1 is 0.789 bits per heavy atom. The van der Waals surface area contributed by atoms with Crippen LogP contribution in [0.1, 0.15) is 37.2 Å². The molecule has 0 aliphatic carbocycles. The van der Waals surface area contributed by atoms with Gasteiger partial charge >= 0.3 is 0 Å². The summed E-state index contributed by atoms with van der Waals surface area (Å²) in [5, 5.41) is 8.27. The zero-order valence-electron chi connectivity index (χ0n) is 21.1. The second-order valence-electron chi connectivity index (χ2n) is 8.10. The standard InChI is InChI=1S/C27H29N3O8/c1-3-34-22-16-19(30-27(33)21-6-5-11-36-21)23(35-4-2)15-18(22)29-26(32)10-9-25(31)28-17-7-8-20-24(14-17)38-13-12-37-20/h5-8,11,14-16H,3-4,9-10,12-13H2,1-2H3,(H,28,31)(H,29,32)(H,30,33). The van der Waals surface area contributed by atoms with E-state index < -0.39 is 11.8 Å². The smallest absolute Gasteiger partial charge is 0.291 e. The fourth-order valence-corrected chi connectivity index (χ4v) is 3.68. The topological polar surface area (TPSA) is 137 Å². The molecule has 0 fully saturated rings. The van der Waals surface area contributed by atoms with Gasteiger partial charge in [-0.3, -0.25) is 14.4 Å². The van der Waals surface area contributed by atoms with E-state index in [-0.39, 0.29) is 24.5 Å². The van der Waals surface area contributed by atoms with Crippen molar-refractivity contribution in [2.75, 3.05) is 42.4 Å². The molecule has 1 aliphatic rings. The first kappa shape index (κ1) is 26.4. The number of carbonyl (C=O) groups is 3. The predicted octanol–water partition coefficient (Wildman–Crippen LogP) is 4.46. The Hall–Kier alpha value is -4.67. The molecule has 0 radical (unpaired) electrons. The number of nitrogens with one attached hydrogen (secondary N) is 3. The Bertz CT molecular complexity index is 1290. The summed E-state index contributed by atoms with van der Waals surface area (Å²) in [4.78, 5) is 37.6. The summed E-state index contributed by atoms with van der Waals surface area (Å²) in [7, 11) is 0. The number of benzene rings is 2. The molecule has 0 atom stereocenters. The van der Waals surface area contributed by atoms with Crippen LogP contribution in [0, 0.1) is 0 Å². The van der Waals surface area contributed by atoms with E-state index >= 15 is 0 Å². The van der Waals surface area contributed by atoms with Gasteiger partial charge in [-0.15, -0.1) is 0 Å². The normalized spacial score (nSPS) is 11.8. The zero-order valence-corrected chi connectivity index (χ0v) is 21.1. The van der Waals surface area contributed by atoms with Crippen molar-refractivity contribution in [2.24, 2.45) is 0 Å². The molecule has 2 heterocycles. The van der Waals surface area contributed by atoms with Crippen LogP contribution < -0.4 is 34.9 Å². The molecule has 0 spiro atoms. The highest BCUT2D eigenvalue weighted by atomic mass is 16.6. The number of ether oxygens (including phenoxy) is 4. The Kier molecular flexibility index (Phi) is 8.70. The van der Waals surface area contributed by atoms with E-state index in [2.05, 4.69) is 16.0 Å². The lowest BCUT2D eigenvalue weighted by Gasteiger charge is -2.19. The lowest BCUT2D eigenvalue weighted by molar-refractivity contribution is -0.121. The van der Waals surface area contributed by atoms with Gasteiger partial charge in [-0.2, -0.15) is 0 Å². The van der Waals surface area contributed by atoms with Gasteiger partial charge in [0.1, 0.15) is 24.7 Å². The lowest BCUT2D eigenvalue weighted by atomic mass is 10.2. The van der Waals surface area contributed by atoms with Crippen molar-refractivity contribution in [3.63, 3.8) is 0 Å². The lowest BCUT2D eigenvalue weighted by Crippen LogP contribution is -2.19. The van der Waals surface area contributed by atoms with Gasteiger partial charge in [-0.25, -0.2) is 0 Å². The number of hydrogen-bond acceptors (Lipinski definition) is 8.